The number of carbonyl (C=O) groups excluding carboxylic acids is 1. The Balaban J connectivity index is 1.41. The van der Waals surface area contributed by atoms with E-state index in [9.17, 15) is 14.7 Å². The van der Waals surface area contributed by atoms with Gasteiger partial charge in [0.1, 0.15) is 5.01 Å². The highest BCUT2D eigenvalue weighted by Crippen LogP contribution is 2.29. The standard InChI is InChI=1S/C25H26N4O3S2/c1-28(23(31)12-16-5-6-22-20(11-16)27-25(32)34-22)21(15-29-9-7-19(30)14-29)17-3-2-4-18(13-17)24-26-8-10-33-24/h2-6,8,10-11,13,19,21,30H,7,9,12,14-15H2,1H3,(H,27,32)/t19?,21-/m1/s1. The van der Waals surface area contributed by atoms with Gasteiger partial charge in [-0.3, -0.25) is 14.5 Å². The van der Waals surface area contributed by atoms with Crippen molar-refractivity contribution in [3.05, 3.63) is 74.8 Å². The van der Waals surface area contributed by atoms with Gasteiger partial charge in [-0.25, -0.2) is 4.98 Å². The number of rotatable bonds is 7. The number of hydrogen-bond donors (Lipinski definition) is 2. The third-order valence-electron chi connectivity index (χ3n) is 6.33. The zero-order chi connectivity index (χ0) is 23.7. The van der Waals surface area contributed by atoms with Crippen LogP contribution < -0.4 is 4.87 Å². The van der Waals surface area contributed by atoms with Crippen LogP contribution in [0.15, 0.2) is 58.8 Å². The van der Waals surface area contributed by atoms with Gasteiger partial charge in [0.05, 0.1) is 28.8 Å². The van der Waals surface area contributed by atoms with Crippen molar-refractivity contribution in [1.82, 2.24) is 19.8 Å². The predicted octanol–water partition coefficient (Wildman–Crippen LogP) is 3.52. The molecule has 5 rings (SSSR count). The molecular formula is C25H26N4O3S2. The Morgan fingerprint density at radius 1 is 1.32 bits per heavy atom. The van der Waals surface area contributed by atoms with Crippen molar-refractivity contribution in [2.45, 2.75) is 25.0 Å². The van der Waals surface area contributed by atoms with E-state index in [2.05, 4.69) is 27.0 Å². The number of hydrogen-bond acceptors (Lipinski definition) is 7. The largest absolute Gasteiger partial charge is 0.392 e. The Hall–Kier alpha value is -2.85. The number of amides is 1. The second-order valence-corrected chi connectivity index (χ2v) is 10.6. The summed E-state index contributed by atoms with van der Waals surface area (Å²) >= 11 is 2.76. The number of likely N-dealkylation sites (tertiary alicyclic amines) is 1. The zero-order valence-corrected chi connectivity index (χ0v) is 20.4. The van der Waals surface area contributed by atoms with Crippen LogP contribution in [0.25, 0.3) is 20.8 Å². The molecule has 2 aromatic carbocycles. The van der Waals surface area contributed by atoms with E-state index in [1.165, 1.54) is 11.3 Å². The Labute approximate surface area is 205 Å². The van der Waals surface area contributed by atoms with Gasteiger partial charge in [-0.2, -0.15) is 0 Å². The Morgan fingerprint density at radius 2 is 2.21 bits per heavy atom. The second kappa shape index (κ2) is 9.79. The molecule has 9 heteroatoms. The zero-order valence-electron chi connectivity index (χ0n) is 18.8. The lowest BCUT2D eigenvalue weighted by Gasteiger charge is -2.32. The molecule has 2 N–H and O–H groups in total. The minimum Gasteiger partial charge on any atom is -0.392 e. The van der Waals surface area contributed by atoms with E-state index < -0.39 is 0 Å². The van der Waals surface area contributed by atoms with Crippen molar-refractivity contribution in [1.29, 1.82) is 0 Å². The summed E-state index contributed by atoms with van der Waals surface area (Å²) in [6.07, 6.45) is 2.48. The second-order valence-electron chi connectivity index (χ2n) is 8.71. The summed E-state index contributed by atoms with van der Waals surface area (Å²) in [6, 6.07) is 13.7. The maximum absolute atomic E-state index is 13.4. The smallest absolute Gasteiger partial charge is 0.305 e. The minimum atomic E-state index is -0.317. The summed E-state index contributed by atoms with van der Waals surface area (Å²) in [4.78, 5) is 36.2. The van der Waals surface area contributed by atoms with Gasteiger partial charge in [0.2, 0.25) is 5.91 Å². The van der Waals surface area contributed by atoms with Crippen LogP contribution in [-0.4, -0.2) is 63.6 Å². The number of aliphatic hydroxyl groups is 1. The van der Waals surface area contributed by atoms with Crippen LogP contribution in [0.1, 0.15) is 23.6 Å². The van der Waals surface area contributed by atoms with E-state index in [0.717, 1.165) is 44.9 Å². The summed E-state index contributed by atoms with van der Waals surface area (Å²) in [5.41, 5.74) is 3.71. The molecule has 1 aliphatic rings. The number of likely N-dealkylation sites (N-methyl/N-ethyl adjacent to an activating group) is 1. The molecule has 0 bridgehead atoms. The average molecular weight is 495 g/mol. The third-order valence-corrected chi connectivity index (χ3v) is 8.01. The van der Waals surface area contributed by atoms with Crippen molar-refractivity contribution < 1.29 is 9.90 Å². The fraction of sp³-hybridized carbons (Fsp3) is 0.320. The summed E-state index contributed by atoms with van der Waals surface area (Å²) in [5.74, 6) is 0.00123. The summed E-state index contributed by atoms with van der Waals surface area (Å²) in [7, 11) is 1.85. The lowest BCUT2D eigenvalue weighted by atomic mass is 10.0. The Morgan fingerprint density at radius 3 is 2.97 bits per heavy atom. The number of fused-ring (bicyclic) bond motifs is 1. The van der Waals surface area contributed by atoms with Crippen LogP contribution in [0, 0.1) is 0 Å². The van der Waals surface area contributed by atoms with Crippen LogP contribution in [0.3, 0.4) is 0 Å². The molecule has 1 aliphatic heterocycles. The number of aromatic nitrogens is 2. The molecule has 0 aliphatic carbocycles. The number of H-pyrrole nitrogens is 1. The fourth-order valence-corrected chi connectivity index (χ4v) is 5.85. The van der Waals surface area contributed by atoms with Gasteiger partial charge in [0, 0.05) is 43.8 Å². The summed E-state index contributed by atoms with van der Waals surface area (Å²) < 4.78 is 0.888. The van der Waals surface area contributed by atoms with Gasteiger partial charge in [0.15, 0.2) is 0 Å². The molecule has 2 atom stereocenters. The number of carbonyl (C=O) groups is 1. The van der Waals surface area contributed by atoms with E-state index >= 15 is 0 Å². The monoisotopic (exact) mass is 494 g/mol. The van der Waals surface area contributed by atoms with Gasteiger partial charge < -0.3 is 15.0 Å². The molecule has 1 saturated heterocycles. The number of β-amino-alcohol motifs (C(OH)–C–C–N with tert-alkyl or cyclic N) is 1. The van der Waals surface area contributed by atoms with Crippen LogP contribution >= 0.6 is 22.7 Å². The molecule has 1 unspecified atom stereocenters. The lowest BCUT2D eigenvalue weighted by molar-refractivity contribution is -0.131. The Bertz CT molecular complexity index is 1350. The molecule has 0 radical (unpaired) electrons. The highest BCUT2D eigenvalue weighted by Gasteiger charge is 2.28. The molecule has 1 fully saturated rings. The molecule has 2 aromatic heterocycles. The first-order valence-electron chi connectivity index (χ1n) is 11.2. The lowest BCUT2D eigenvalue weighted by Crippen LogP contribution is -2.39. The number of nitrogens with zero attached hydrogens (tertiary/aromatic N) is 3. The van der Waals surface area contributed by atoms with Crippen molar-refractivity contribution in [2.24, 2.45) is 0 Å². The molecule has 34 heavy (non-hydrogen) atoms. The van der Waals surface area contributed by atoms with Gasteiger partial charge in [-0.15, -0.1) is 11.3 Å². The number of thiazole rings is 2. The molecule has 4 aromatic rings. The molecule has 3 heterocycles. The minimum absolute atomic E-state index is 0.00123. The SMILES string of the molecule is CN(C(=O)Cc1ccc2sc(=O)[nH]c2c1)[C@H](CN1CCC(O)C1)c1cccc(-c2nccs2)c1. The third kappa shape index (κ3) is 4.97. The molecule has 0 spiro atoms. The first kappa shape index (κ1) is 22.9. The van der Waals surface area contributed by atoms with Crippen LogP contribution in [0.4, 0.5) is 0 Å². The van der Waals surface area contributed by atoms with Crippen molar-refractivity contribution in [3.63, 3.8) is 0 Å². The number of nitrogens with one attached hydrogen (secondary N) is 1. The number of aliphatic hydroxyl groups excluding tert-OH is 1. The van der Waals surface area contributed by atoms with E-state index in [0.29, 0.717) is 13.1 Å². The molecule has 1 amide bonds. The van der Waals surface area contributed by atoms with Gasteiger partial charge in [-0.1, -0.05) is 35.6 Å². The number of benzene rings is 2. The van der Waals surface area contributed by atoms with Gasteiger partial charge in [-0.05, 0) is 35.7 Å². The van der Waals surface area contributed by atoms with Gasteiger partial charge >= 0.3 is 4.87 Å². The maximum Gasteiger partial charge on any atom is 0.305 e. The molecule has 0 saturated carbocycles. The van der Waals surface area contributed by atoms with E-state index in [4.69, 9.17) is 0 Å². The van der Waals surface area contributed by atoms with Crippen LogP contribution in [-0.2, 0) is 11.2 Å². The van der Waals surface area contributed by atoms with Crippen molar-refractivity contribution in [2.75, 3.05) is 26.7 Å². The normalized spacial score (nSPS) is 17.3. The summed E-state index contributed by atoms with van der Waals surface area (Å²) in [5, 5.41) is 12.9. The van der Waals surface area contributed by atoms with E-state index in [1.54, 1.807) is 17.5 Å². The number of aromatic amines is 1. The van der Waals surface area contributed by atoms with Crippen LogP contribution in [0.5, 0.6) is 0 Å². The van der Waals surface area contributed by atoms with E-state index in [1.807, 2.05) is 47.7 Å². The molecule has 176 valence electrons. The average Bonchev–Trinajstić information content (AvgIpc) is 3.57. The quantitative estimate of drug-likeness (QED) is 0.410. The first-order valence-corrected chi connectivity index (χ1v) is 12.9. The van der Waals surface area contributed by atoms with Crippen molar-refractivity contribution >= 4 is 38.8 Å². The summed E-state index contributed by atoms with van der Waals surface area (Å²) in [6.45, 7) is 2.08. The first-order chi connectivity index (χ1) is 16.5. The highest BCUT2D eigenvalue weighted by molar-refractivity contribution is 7.16. The van der Waals surface area contributed by atoms with Gasteiger partial charge in [0.25, 0.3) is 0 Å². The van der Waals surface area contributed by atoms with Crippen LogP contribution in [0.2, 0.25) is 0 Å². The highest BCUT2D eigenvalue weighted by atomic mass is 32.1. The maximum atomic E-state index is 13.4. The topological polar surface area (TPSA) is 89.5 Å². The van der Waals surface area contributed by atoms with Crippen molar-refractivity contribution in [3.8, 4) is 10.6 Å². The predicted molar refractivity (Wildman–Crippen MR) is 136 cm³/mol. The van der Waals surface area contributed by atoms with E-state index in [-0.39, 0.29) is 29.3 Å². The Kier molecular flexibility index (Phi) is 6.60. The molecule has 7 nitrogen and oxygen atoms in total. The molecular weight excluding hydrogens is 468 g/mol. The fourth-order valence-electron chi connectivity index (χ4n) is 4.50.